The van der Waals surface area contributed by atoms with Gasteiger partial charge in [-0.2, -0.15) is 4.98 Å². The first-order chi connectivity index (χ1) is 7.79. The van der Waals surface area contributed by atoms with Crippen LogP contribution in [0.25, 0.3) is 0 Å². The van der Waals surface area contributed by atoms with Crippen LogP contribution in [-0.4, -0.2) is 41.2 Å². The minimum Gasteiger partial charge on any atom is -0.338 e. The molecule has 1 atom stereocenters. The number of rotatable bonds is 4. The van der Waals surface area contributed by atoms with Crippen LogP contribution in [0.15, 0.2) is 4.52 Å². The lowest BCUT2D eigenvalue weighted by Crippen LogP contribution is -2.44. The van der Waals surface area contributed by atoms with E-state index in [1.807, 2.05) is 14.0 Å². The molecule has 1 saturated heterocycles. The number of hydrogen-bond donors (Lipinski definition) is 1. The molecule has 1 aromatic rings. The van der Waals surface area contributed by atoms with Crippen LogP contribution in [0.5, 0.6) is 0 Å². The molecule has 2 rings (SSSR count). The summed E-state index contributed by atoms with van der Waals surface area (Å²) >= 11 is 0. The molecule has 90 valence electrons. The maximum Gasteiger partial charge on any atom is 0.240 e. The number of piperidine rings is 1. The molecule has 0 aliphatic carbocycles. The van der Waals surface area contributed by atoms with Gasteiger partial charge in [-0.15, -0.1) is 0 Å². The highest BCUT2D eigenvalue weighted by Crippen LogP contribution is 2.18. The number of nitrogens with one attached hydrogen (secondary N) is 1. The van der Waals surface area contributed by atoms with E-state index < -0.39 is 0 Å². The van der Waals surface area contributed by atoms with Crippen molar-refractivity contribution in [3.63, 3.8) is 0 Å². The van der Waals surface area contributed by atoms with E-state index >= 15 is 0 Å². The molecule has 0 amide bonds. The number of nitrogens with zero attached hydrogens (tertiary/aromatic N) is 3. The third-order valence-electron chi connectivity index (χ3n) is 3.10. The van der Waals surface area contributed by atoms with Crippen molar-refractivity contribution in [3.05, 3.63) is 11.7 Å². The van der Waals surface area contributed by atoms with Crippen LogP contribution >= 0.6 is 0 Å². The molecule has 1 aliphatic heterocycles. The Morgan fingerprint density at radius 2 is 2.38 bits per heavy atom. The van der Waals surface area contributed by atoms with E-state index in [4.69, 9.17) is 4.52 Å². The van der Waals surface area contributed by atoms with E-state index in [0.29, 0.717) is 6.04 Å². The van der Waals surface area contributed by atoms with Crippen molar-refractivity contribution in [2.75, 3.05) is 20.1 Å². The van der Waals surface area contributed by atoms with Crippen LogP contribution < -0.4 is 5.32 Å². The maximum absolute atomic E-state index is 5.17. The van der Waals surface area contributed by atoms with Crippen molar-refractivity contribution in [2.45, 2.75) is 38.8 Å². The van der Waals surface area contributed by atoms with E-state index in [2.05, 4.69) is 20.4 Å². The summed E-state index contributed by atoms with van der Waals surface area (Å²) in [6.45, 7) is 4.81. The van der Waals surface area contributed by atoms with Gasteiger partial charge in [-0.1, -0.05) is 11.6 Å². The summed E-state index contributed by atoms with van der Waals surface area (Å²) in [6.07, 6.45) is 3.85. The zero-order valence-corrected chi connectivity index (χ0v) is 10.1. The van der Waals surface area contributed by atoms with E-state index in [0.717, 1.165) is 31.3 Å². The smallest absolute Gasteiger partial charge is 0.240 e. The average Bonchev–Trinajstić information content (AvgIpc) is 2.67. The third-order valence-corrected chi connectivity index (χ3v) is 3.10. The summed E-state index contributed by atoms with van der Waals surface area (Å²) in [5.41, 5.74) is 0. The van der Waals surface area contributed by atoms with E-state index in [1.54, 1.807) is 0 Å². The summed E-state index contributed by atoms with van der Waals surface area (Å²) in [4.78, 5) is 6.70. The Hall–Kier alpha value is -0.940. The Morgan fingerprint density at radius 1 is 1.50 bits per heavy atom. The van der Waals surface area contributed by atoms with Crippen LogP contribution in [0.4, 0.5) is 0 Å². The van der Waals surface area contributed by atoms with E-state index in [-0.39, 0.29) is 0 Å². The highest BCUT2D eigenvalue weighted by atomic mass is 16.5. The number of likely N-dealkylation sites (N-methyl/N-ethyl adjacent to an activating group) is 1. The lowest BCUT2D eigenvalue weighted by atomic mass is 10.0. The summed E-state index contributed by atoms with van der Waals surface area (Å²) in [7, 11) is 2.00. The minimum absolute atomic E-state index is 0.603. The third kappa shape index (κ3) is 2.80. The predicted octanol–water partition coefficient (Wildman–Crippen LogP) is 0.952. The van der Waals surface area contributed by atoms with Gasteiger partial charge in [-0.05, 0) is 33.4 Å². The molecule has 16 heavy (non-hydrogen) atoms. The fraction of sp³-hybridized carbons (Fsp3) is 0.818. The molecule has 1 aliphatic rings. The first-order valence-electron chi connectivity index (χ1n) is 5.97. The molecule has 1 N–H and O–H groups in total. The molecule has 1 aromatic heterocycles. The standard InChI is InChI=1S/C11H20N4O/c1-9-13-11(16-14-9)8-15-6-4-3-5-10(15)7-12-2/h10,12H,3-8H2,1-2H3. The second-order valence-corrected chi connectivity index (χ2v) is 4.41. The second-order valence-electron chi connectivity index (χ2n) is 4.41. The lowest BCUT2D eigenvalue weighted by molar-refractivity contribution is 0.123. The van der Waals surface area contributed by atoms with Gasteiger partial charge in [0.2, 0.25) is 5.89 Å². The minimum atomic E-state index is 0.603. The molecule has 0 radical (unpaired) electrons. The molecule has 0 bridgehead atoms. The zero-order valence-electron chi connectivity index (χ0n) is 10.1. The van der Waals surface area contributed by atoms with Crippen LogP contribution in [0, 0.1) is 6.92 Å². The molecule has 1 unspecified atom stereocenters. The Labute approximate surface area is 96.2 Å². The lowest BCUT2D eigenvalue weighted by Gasteiger charge is -2.34. The van der Waals surface area contributed by atoms with Crippen molar-refractivity contribution < 1.29 is 4.52 Å². The van der Waals surface area contributed by atoms with Crippen LogP contribution in [0.1, 0.15) is 31.0 Å². The molecule has 1 fully saturated rings. The normalized spacial score (nSPS) is 22.5. The van der Waals surface area contributed by atoms with Gasteiger partial charge in [-0.3, -0.25) is 4.90 Å². The van der Waals surface area contributed by atoms with E-state index in [9.17, 15) is 0 Å². The maximum atomic E-state index is 5.17. The summed E-state index contributed by atoms with van der Waals surface area (Å²) in [5, 5.41) is 7.07. The predicted molar refractivity (Wildman–Crippen MR) is 61.0 cm³/mol. The molecule has 0 spiro atoms. The number of hydrogen-bond acceptors (Lipinski definition) is 5. The van der Waals surface area contributed by atoms with Crippen molar-refractivity contribution in [1.82, 2.24) is 20.4 Å². The van der Waals surface area contributed by atoms with Gasteiger partial charge in [0.05, 0.1) is 6.54 Å². The molecule has 2 heterocycles. The van der Waals surface area contributed by atoms with Gasteiger partial charge in [0.1, 0.15) is 0 Å². The number of likely N-dealkylation sites (tertiary alicyclic amines) is 1. The average molecular weight is 224 g/mol. The Balaban J connectivity index is 1.95. The molecule has 5 nitrogen and oxygen atoms in total. The highest BCUT2D eigenvalue weighted by molar-refractivity contribution is 4.86. The SMILES string of the molecule is CNCC1CCCCN1Cc1nc(C)no1. The molecular weight excluding hydrogens is 204 g/mol. The molecule has 0 aromatic carbocycles. The second kappa shape index (κ2) is 5.41. The summed E-state index contributed by atoms with van der Waals surface area (Å²) in [6, 6.07) is 0.603. The molecular formula is C11H20N4O. The van der Waals surface area contributed by atoms with Gasteiger partial charge >= 0.3 is 0 Å². The monoisotopic (exact) mass is 224 g/mol. The first kappa shape index (κ1) is 11.5. The van der Waals surface area contributed by atoms with Gasteiger partial charge < -0.3 is 9.84 Å². The summed E-state index contributed by atoms with van der Waals surface area (Å²) < 4.78 is 5.17. The Bertz CT molecular complexity index is 324. The van der Waals surface area contributed by atoms with Crippen molar-refractivity contribution >= 4 is 0 Å². The van der Waals surface area contributed by atoms with Gasteiger partial charge in [0.25, 0.3) is 0 Å². The largest absolute Gasteiger partial charge is 0.338 e. The summed E-state index contributed by atoms with van der Waals surface area (Å²) in [5.74, 6) is 1.46. The van der Waals surface area contributed by atoms with Crippen LogP contribution in [0.2, 0.25) is 0 Å². The fourth-order valence-electron chi connectivity index (χ4n) is 2.31. The van der Waals surface area contributed by atoms with Crippen LogP contribution in [0.3, 0.4) is 0 Å². The highest BCUT2D eigenvalue weighted by Gasteiger charge is 2.23. The van der Waals surface area contributed by atoms with Gasteiger partial charge in [-0.25, -0.2) is 0 Å². The van der Waals surface area contributed by atoms with Gasteiger partial charge in [0.15, 0.2) is 5.82 Å². The van der Waals surface area contributed by atoms with Gasteiger partial charge in [0, 0.05) is 12.6 Å². The fourth-order valence-corrected chi connectivity index (χ4v) is 2.31. The molecule has 5 heteroatoms. The first-order valence-corrected chi connectivity index (χ1v) is 5.97. The topological polar surface area (TPSA) is 54.2 Å². The quantitative estimate of drug-likeness (QED) is 0.825. The number of aromatic nitrogens is 2. The Morgan fingerprint density at radius 3 is 3.06 bits per heavy atom. The van der Waals surface area contributed by atoms with Crippen molar-refractivity contribution in [2.24, 2.45) is 0 Å². The van der Waals surface area contributed by atoms with Crippen molar-refractivity contribution in [3.8, 4) is 0 Å². The zero-order chi connectivity index (χ0) is 11.4. The van der Waals surface area contributed by atoms with Crippen LogP contribution in [-0.2, 0) is 6.54 Å². The van der Waals surface area contributed by atoms with Crippen molar-refractivity contribution in [1.29, 1.82) is 0 Å². The number of aryl methyl sites for hydroxylation is 1. The Kier molecular flexibility index (Phi) is 3.90. The van der Waals surface area contributed by atoms with E-state index in [1.165, 1.54) is 19.3 Å². The molecule has 0 saturated carbocycles.